The summed E-state index contributed by atoms with van der Waals surface area (Å²) < 4.78 is 7.02. The Balaban J connectivity index is 2.08. The average Bonchev–Trinajstić information content (AvgIpc) is 3.05. The van der Waals surface area contributed by atoms with Crippen LogP contribution >= 0.6 is 0 Å². The second kappa shape index (κ2) is 6.96. The zero-order valence-electron chi connectivity index (χ0n) is 13.6. The van der Waals surface area contributed by atoms with Crippen molar-refractivity contribution >= 4 is 11.9 Å². The molecule has 0 fully saturated rings. The summed E-state index contributed by atoms with van der Waals surface area (Å²) in [6.45, 7) is 1.53. The third-order valence-corrected chi connectivity index (χ3v) is 3.62. The average molecular weight is 318 g/mol. The summed E-state index contributed by atoms with van der Waals surface area (Å²) in [7, 11) is 1.64. The monoisotopic (exact) mass is 318 g/mol. The standard InChI is InChI=1S/C20H18N2O2/c1-15(23)8-9-17-14-22(18-6-4-3-5-7-18)21-20(17)16-10-12-19(24-2)13-11-16/h3-14H,1-2H3. The van der Waals surface area contributed by atoms with E-state index in [0.29, 0.717) is 0 Å². The lowest BCUT2D eigenvalue weighted by atomic mass is 10.1. The quantitative estimate of drug-likeness (QED) is 0.664. The molecule has 0 aliphatic heterocycles. The molecule has 4 nitrogen and oxygen atoms in total. The number of ketones is 1. The molecule has 1 heterocycles. The molecule has 0 spiro atoms. The summed E-state index contributed by atoms with van der Waals surface area (Å²) in [6, 6.07) is 17.6. The van der Waals surface area contributed by atoms with E-state index in [1.165, 1.54) is 6.92 Å². The summed E-state index contributed by atoms with van der Waals surface area (Å²) >= 11 is 0. The minimum absolute atomic E-state index is 0.00291. The fourth-order valence-electron chi connectivity index (χ4n) is 2.40. The molecule has 0 aliphatic carbocycles. The van der Waals surface area contributed by atoms with Gasteiger partial charge in [-0.1, -0.05) is 18.2 Å². The Morgan fingerprint density at radius 1 is 1.08 bits per heavy atom. The molecule has 0 N–H and O–H groups in total. The predicted molar refractivity (Wildman–Crippen MR) is 95.3 cm³/mol. The van der Waals surface area contributed by atoms with Gasteiger partial charge in [0.1, 0.15) is 5.75 Å². The maximum atomic E-state index is 11.3. The molecule has 4 heteroatoms. The van der Waals surface area contributed by atoms with Crippen molar-refractivity contribution in [2.45, 2.75) is 6.92 Å². The van der Waals surface area contributed by atoms with Crippen LogP contribution < -0.4 is 4.74 Å². The van der Waals surface area contributed by atoms with Gasteiger partial charge in [0.15, 0.2) is 5.78 Å². The Morgan fingerprint density at radius 3 is 2.42 bits per heavy atom. The fraction of sp³-hybridized carbons (Fsp3) is 0.100. The van der Waals surface area contributed by atoms with Gasteiger partial charge in [0.2, 0.25) is 0 Å². The molecule has 0 unspecified atom stereocenters. The van der Waals surface area contributed by atoms with Crippen LogP contribution in [0.2, 0.25) is 0 Å². The molecule has 120 valence electrons. The van der Waals surface area contributed by atoms with Crippen molar-refractivity contribution in [1.82, 2.24) is 9.78 Å². The molecule has 0 aliphatic rings. The first kappa shape index (κ1) is 15.7. The third-order valence-electron chi connectivity index (χ3n) is 3.62. The van der Waals surface area contributed by atoms with Crippen LogP contribution in [-0.4, -0.2) is 22.7 Å². The molecule has 3 aromatic rings. The van der Waals surface area contributed by atoms with E-state index in [1.807, 2.05) is 65.5 Å². The molecule has 0 atom stereocenters. The molecule has 2 aromatic carbocycles. The van der Waals surface area contributed by atoms with E-state index >= 15 is 0 Å². The van der Waals surface area contributed by atoms with Crippen molar-refractivity contribution in [3.63, 3.8) is 0 Å². The number of allylic oxidation sites excluding steroid dienone is 1. The van der Waals surface area contributed by atoms with Gasteiger partial charge >= 0.3 is 0 Å². The number of nitrogens with zero attached hydrogens (tertiary/aromatic N) is 2. The number of rotatable bonds is 5. The van der Waals surface area contributed by atoms with Crippen LogP contribution in [0.4, 0.5) is 0 Å². The smallest absolute Gasteiger partial charge is 0.152 e. The van der Waals surface area contributed by atoms with Crippen molar-refractivity contribution in [3.05, 3.63) is 72.4 Å². The van der Waals surface area contributed by atoms with Gasteiger partial charge in [-0.15, -0.1) is 0 Å². The first-order valence-electron chi connectivity index (χ1n) is 7.65. The first-order chi connectivity index (χ1) is 11.7. The van der Waals surface area contributed by atoms with Gasteiger partial charge in [0.25, 0.3) is 0 Å². The lowest BCUT2D eigenvalue weighted by molar-refractivity contribution is -0.112. The van der Waals surface area contributed by atoms with Crippen LogP contribution in [0.15, 0.2) is 66.9 Å². The number of aromatic nitrogens is 2. The van der Waals surface area contributed by atoms with Crippen molar-refractivity contribution in [1.29, 1.82) is 0 Å². The number of carbonyl (C=O) groups is 1. The molecule has 0 radical (unpaired) electrons. The van der Waals surface area contributed by atoms with Gasteiger partial charge in [-0.25, -0.2) is 4.68 Å². The second-order valence-electron chi connectivity index (χ2n) is 5.39. The van der Waals surface area contributed by atoms with E-state index < -0.39 is 0 Å². The number of carbonyl (C=O) groups excluding carboxylic acids is 1. The molecule has 0 saturated carbocycles. The number of benzene rings is 2. The van der Waals surface area contributed by atoms with Gasteiger partial charge in [-0.2, -0.15) is 5.10 Å². The minimum atomic E-state index is 0.00291. The van der Waals surface area contributed by atoms with Crippen LogP contribution in [0.3, 0.4) is 0 Å². The Labute approximate surface area is 141 Å². The molecule has 24 heavy (non-hydrogen) atoms. The fourth-order valence-corrected chi connectivity index (χ4v) is 2.40. The third kappa shape index (κ3) is 3.43. The van der Waals surface area contributed by atoms with E-state index in [4.69, 9.17) is 9.84 Å². The number of methoxy groups -OCH3 is 1. The number of para-hydroxylation sites is 1. The van der Waals surface area contributed by atoms with Crippen LogP contribution in [0.1, 0.15) is 12.5 Å². The molecule has 0 saturated heterocycles. The van der Waals surface area contributed by atoms with Crippen LogP contribution in [0.25, 0.3) is 23.0 Å². The predicted octanol–water partition coefficient (Wildman–Crippen LogP) is 4.15. The zero-order valence-corrected chi connectivity index (χ0v) is 13.6. The molecule has 0 amide bonds. The number of hydrogen-bond donors (Lipinski definition) is 0. The molecule has 3 rings (SSSR count). The summed E-state index contributed by atoms with van der Waals surface area (Å²) in [5.41, 5.74) is 3.64. The zero-order chi connectivity index (χ0) is 16.9. The Bertz CT molecular complexity index is 862. The largest absolute Gasteiger partial charge is 0.497 e. The van der Waals surface area contributed by atoms with Gasteiger partial charge in [-0.05, 0) is 55.5 Å². The highest BCUT2D eigenvalue weighted by atomic mass is 16.5. The maximum Gasteiger partial charge on any atom is 0.152 e. The topological polar surface area (TPSA) is 44.1 Å². The van der Waals surface area contributed by atoms with Crippen molar-refractivity contribution in [3.8, 4) is 22.7 Å². The van der Waals surface area contributed by atoms with E-state index in [-0.39, 0.29) is 5.78 Å². The molecule has 0 bridgehead atoms. The lowest BCUT2D eigenvalue weighted by Crippen LogP contribution is -1.94. The van der Waals surface area contributed by atoms with Gasteiger partial charge < -0.3 is 4.74 Å². The Kier molecular flexibility index (Phi) is 4.57. The molecular weight excluding hydrogens is 300 g/mol. The van der Waals surface area contributed by atoms with Crippen molar-refractivity contribution in [2.24, 2.45) is 0 Å². The normalized spacial score (nSPS) is 10.9. The second-order valence-corrected chi connectivity index (χ2v) is 5.39. The van der Waals surface area contributed by atoms with E-state index in [9.17, 15) is 4.79 Å². The van der Waals surface area contributed by atoms with E-state index in [2.05, 4.69) is 0 Å². The number of ether oxygens (including phenoxy) is 1. The van der Waals surface area contributed by atoms with Crippen LogP contribution in [-0.2, 0) is 4.79 Å². The Morgan fingerprint density at radius 2 is 1.79 bits per heavy atom. The highest BCUT2D eigenvalue weighted by molar-refractivity contribution is 5.92. The van der Waals surface area contributed by atoms with Crippen LogP contribution in [0.5, 0.6) is 5.75 Å². The summed E-state index contributed by atoms with van der Waals surface area (Å²) in [5, 5.41) is 4.70. The van der Waals surface area contributed by atoms with E-state index in [0.717, 1.165) is 28.3 Å². The summed E-state index contributed by atoms with van der Waals surface area (Å²) in [4.78, 5) is 11.3. The highest BCUT2D eigenvalue weighted by Crippen LogP contribution is 2.26. The van der Waals surface area contributed by atoms with Crippen molar-refractivity contribution in [2.75, 3.05) is 7.11 Å². The van der Waals surface area contributed by atoms with Gasteiger partial charge in [0, 0.05) is 17.3 Å². The lowest BCUT2D eigenvalue weighted by Gasteiger charge is -2.02. The Hall–Kier alpha value is -3.14. The maximum absolute atomic E-state index is 11.3. The minimum Gasteiger partial charge on any atom is -0.497 e. The first-order valence-corrected chi connectivity index (χ1v) is 7.65. The summed E-state index contributed by atoms with van der Waals surface area (Å²) in [6.07, 6.45) is 5.28. The van der Waals surface area contributed by atoms with Crippen molar-refractivity contribution < 1.29 is 9.53 Å². The van der Waals surface area contributed by atoms with Gasteiger partial charge in [-0.3, -0.25) is 4.79 Å². The van der Waals surface area contributed by atoms with Crippen LogP contribution in [0, 0.1) is 0 Å². The van der Waals surface area contributed by atoms with Gasteiger partial charge in [0.05, 0.1) is 18.5 Å². The SMILES string of the molecule is COc1ccc(-c2nn(-c3ccccc3)cc2C=CC(C)=O)cc1. The van der Waals surface area contributed by atoms with E-state index in [1.54, 1.807) is 19.3 Å². The molecular formula is C20H18N2O2. The molecule has 1 aromatic heterocycles. The highest BCUT2D eigenvalue weighted by Gasteiger charge is 2.10. The summed E-state index contributed by atoms with van der Waals surface area (Å²) in [5.74, 6) is 0.796. The number of hydrogen-bond acceptors (Lipinski definition) is 3.